The number of hydrogen-bond donors (Lipinski definition) is 1. The van der Waals surface area contributed by atoms with Crippen molar-refractivity contribution in [2.24, 2.45) is 0 Å². The number of phenols is 1. The Hall–Kier alpha value is -2.05. The molecular weight excluding hydrogens is 384 g/mol. The number of benzene rings is 2. The molecule has 3 rings (SSSR count). The number of hydrogen-bond acceptors (Lipinski definition) is 4. The Bertz CT molecular complexity index is 741. The zero-order valence-corrected chi connectivity index (χ0v) is 15.7. The number of carbonyl (C=O) groups is 1. The smallest absolute Gasteiger partial charge is 0.257 e. The van der Waals surface area contributed by atoms with Gasteiger partial charge >= 0.3 is 0 Å². The molecule has 1 aliphatic heterocycles. The fraction of sp³-hybridized carbons (Fsp3) is 0.316. The van der Waals surface area contributed by atoms with Gasteiger partial charge in [-0.25, -0.2) is 0 Å². The molecule has 0 unspecified atom stereocenters. The zero-order chi connectivity index (χ0) is 17.8. The summed E-state index contributed by atoms with van der Waals surface area (Å²) in [6, 6.07) is 13.0. The maximum Gasteiger partial charge on any atom is 0.257 e. The number of rotatable bonds is 4. The molecule has 0 bridgehead atoms. The predicted octanol–water partition coefficient (Wildman–Crippen LogP) is 3.12. The minimum atomic E-state index is -0.122. The van der Waals surface area contributed by atoms with Gasteiger partial charge in [-0.3, -0.25) is 9.69 Å². The lowest BCUT2D eigenvalue weighted by Gasteiger charge is -2.35. The lowest BCUT2D eigenvalue weighted by molar-refractivity contribution is 0.0625. The minimum Gasteiger partial charge on any atom is -0.507 e. The quantitative estimate of drug-likeness (QED) is 0.850. The van der Waals surface area contributed by atoms with Gasteiger partial charge in [0.15, 0.2) is 0 Å². The summed E-state index contributed by atoms with van der Waals surface area (Å²) in [4.78, 5) is 16.7. The van der Waals surface area contributed by atoms with Crippen LogP contribution < -0.4 is 4.74 Å². The first kappa shape index (κ1) is 17.8. The van der Waals surface area contributed by atoms with Gasteiger partial charge in [-0.1, -0.05) is 28.1 Å². The van der Waals surface area contributed by atoms with Crippen molar-refractivity contribution in [3.63, 3.8) is 0 Å². The topological polar surface area (TPSA) is 53.0 Å². The number of halogens is 1. The zero-order valence-electron chi connectivity index (χ0n) is 14.1. The van der Waals surface area contributed by atoms with E-state index in [2.05, 4.69) is 33.0 Å². The standard InChI is InChI=1S/C19H21BrN2O3/c1-25-16-5-2-14(3-6-16)13-21-8-10-22(11-9-21)19(24)17-12-15(20)4-7-18(17)23/h2-7,12,23H,8-11,13H2,1H3. The van der Waals surface area contributed by atoms with E-state index in [0.717, 1.165) is 29.9 Å². The molecule has 1 fully saturated rings. The van der Waals surface area contributed by atoms with Crippen molar-refractivity contribution in [1.29, 1.82) is 0 Å². The molecule has 1 saturated heterocycles. The summed E-state index contributed by atoms with van der Waals surface area (Å²) >= 11 is 3.35. The van der Waals surface area contributed by atoms with Crippen LogP contribution in [0.2, 0.25) is 0 Å². The van der Waals surface area contributed by atoms with Crippen LogP contribution in [0, 0.1) is 0 Å². The van der Waals surface area contributed by atoms with Gasteiger partial charge in [-0.15, -0.1) is 0 Å². The average Bonchev–Trinajstić information content (AvgIpc) is 2.64. The van der Waals surface area contributed by atoms with Crippen LogP contribution >= 0.6 is 15.9 Å². The molecule has 1 N–H and O–H groups in total. The van der Waals surface area contributed by atoms with Crippen LogP contribution in [0.15, 0.2) is 46.9 Å². The van der Waals surface area contributed by atoms with E-state index in [4.69, 9.17) is 4.74 Å². The molecule has 2 aromatic rings. The number of amides is 1. The van der Waals surface area contributed by atoms with E-state index in [-0.39, 0.29) is 11.7 Å². The van der Waals surface area contributed by atoms with Crippen LogP contribution in [0.3, 0.4) is 0 Å². The Labute approximate surface area is 155 Å². The van der Waals surface area contributed by atoms with E-state index < -0.39 is 0 Å². The Morgan fingerprint density at radius 3 is 2.44 bits per heavy atom. The third-order valence-corrected chi connectivity index (χ3v) is 4.91. The molecule has 0 saturated carbocycles. The van der Waals surface area contributed by atoms with Crippen LogP contribution in [-0.2, 0) is 6.54 Å². The lowest BCUT2D eigenvalue weighted by atomic mass is 10.1. The molecule has 1 amide bonds. The Morgan fingerprint density at radius 1 is 1.12 bits per heavy atom. The van der Waals surface area contributed by atoms with Crippen molar-refractivity contribution in [2.75, 3.05) is 33.3 Å². The van der Waals surface area contributed by atoms with Gasteiger partial charge in [-0.2, -0.15) is 0 Å². The maximum atomic E-state index is 12.6. The van der Waals surface area contributed by atoms with Gasteiger partial charge in [-0.05, 0) is 35.9 Å². The highest BCUT2D eigenvalue weighted by molar-refractivity contribution is 9.10. The van der Waals surface area contributed by atoms with Gasteiger partial charge in [0.2, 0.25) is 0 Å². The highest BCUT2D eigenvalue weighted by Crippen LogP contribution is 2.24. The highest BCUT2D eigenvalue weighted by Gasteiger charge is 2.24. The summed E-state index contributed by atoms with van der Waals surface area (Å²) in [5.41, 5.74) is 1.57. The minimum absolute atomic E-state index is 0.0221. The molecule has 132 valence electrons. The van der Waals surface area contributed by atoms with Gasteiger partial charge in [0, 0.05) is 37.2 Å². The molecule has 1 heterocycles. The van der Waals surface area contributed by atoms with Gasteiger partial charge in [0.1, 0.15) is 11.5 Å². The van der Waals surface area contributed by atoms with E-state index in [1.165, 1.54) is 11.6 Å². The van der Waals surface area contributed by atoms with Crippen molar-refractivity contribution in [3.8, 4) is 11.5 Å². The lowest BCUT2D eigenvalue weighted by Crippen LogP contribution is -2.48. The molecule has 1 aliphatic rings. The molecule has 0 radical (unpaired) electrons. The molecule has 2 aromatic carbocycles. The molecular formula is C19H21BrN2O3. The summed E-state index contributed by atoms with van der Waals surface area (Å²) in [6.07, 6.45) is 0. The number of methoxy groups -OCH3 is 1. The first-order valence-electron chi connectivity index (χ1n) is 8.20. The molecule has 5 nitrogen and oxygen atoms in total. The van der Waals surface area contributed by atoms with Crippen LogP contribution in [0.1, 0.15) is 15.9 Å². The molecule has 0 aliphatic carbocycles. The molecule has 6 heteroatoms. The van der Waals surface area contributed by atoms with Crippen LogP contribution in [-0.4, -0.2) is 54.1 Å². The fourth-order valence-corrected chi connectivity index (χ4v) is 3.31. The van der Waals surface area contributed by atoms with Crippen molar-refractivity contribution in [1.82, 2.24) is 9.80 Å². The summed E-state index contributed by atoms with van der Waals surface area (Å²) in [7, 11) is 1.66. The maximum absolute atomic E-state index is 12.6. The number of ether oxygens (including phenoxy) is 1. The number of phenolic OH excluding ortho intramolecular Hbond substituents is 1. The van der Waals surface area contributed by atoms with Gasteiger partial charge in [0.25, 0.3) is 5.91 Å². The first-order valence-corrected chi connectivity index (χ1v) is 8.99. The third-order valence-electron chi connectivity index (χ3n) is 4.41. The van der Waals surface area contributed by atoms with Crippen LogP contribution in [0.5, 0.6) is 11.5 Å². The van der Waals surface area contributed by atoms with Crippen molar-refractivity contribution < 1.29 is 14.6 Å². The third kappa shape index (κ3) is 4.32. The average molecular weight is 405 g/mol. The van der Waals surface area contributed by atoms with Crippen molar-refractivity contribution in [3.05, 3.63) is 58.1 Å². The van der Waals surface area contributed by atoms with E-state index in [1.54, 1.807) is 24.1 Å². The van der Waals surface area contributed by atoms with Crippen LogP contribution in [0.25, 0.3) is 0 Å². The van der Waals surface area contributed by atoms with E-state index in [9.17, 15) is 9.90 Å². The van der Waals surface area contributed by atoms with E-state index in [0.29, 0.717) is 18.7 Å². The number of piperazine rings is 1. The van der Waals surface area contributed by atoms with Crippen LogP contribution in [0.4, 0.5) is 0 Å². The van der Waals surface area contributed by atoms with E-state index >= 15 is 0 Å². The van der Waals surface area contributed by atoms with Crippen molar-refractivity contribution >= 4 is 21.8 Å². The second-order valence-electron chi connectivity index (χ2n) is 6.08. The predicted molar refractivity (Wildman–Crippen MR) is 100.0 cm³/mol. The summed E-state index contributed by atoms with van der Waals surface area (Å²) in [6.45, 7) is 3.79. The Balaban J connectivity index is 1.57. The summed E-state index contributed by atoms with van der Waals surface area (Å²) in [5, 5.41) is 9.94. The van der Waals surface area contributed by atoms with Gasteiger partial charge < -0.3 is 14.7 Å². The number of aromatic hydroxyl groups is 1. The second kappa shape index (κ2) is 7.89. The first-order chi connectivity index (χ1) is 12.1. The molecule has 0 aromatic heterocycles. The summed E-state index contributed by atoms with van der Waals surface area (Å²) in [5.74, 6) is 0.754. The summed E-state index contributed by atoms with van der Waals surface area (Å²) < 4.78 is 5.96. The highest BCUT2D eigenvalue weighted by atomic mass is 79.9. The van der Waals surface area contributed by atoms with Gasteiger partial charge in [0.05, 0.1) is 12.7 Å². The molecule has 0 atom stereocenters. The Kier molecular flexibility index (Phi) is 5.60. The molecule has 25 heavy (non-hydrogen) atoms. The number of nitrogens with zero attached hydrogens (tertiary/aromatic N) is 2. The monoisotopic (exact) mass is 404 g/mol. The largest absolute Gasteiger partial charge is 0.507 e. The fourth-order valence-electron chi connectivity index (χ4n) is 2.95. The molecule has 0 spiro atoms. The van der Waals surface area contributed by atoms with E-state index in [1.807, 2.05) is 12.1 Å². The normalized spacial score (nSPS) is 15.2. The SMILES string of the molecule is COc1ccc(CN2CCN(C(=O)c3cc(Br)ccc3O)CC2)cc1. The van der Waals surface area contributed by atoms with Crippen molar-refractivity contribution in [2.45, 2.75) is 6.54 Å². The number of carbonyl (C=O) groups excluding carboxylic acids is 1. The Morgan fingerprint density at radius 2 is 1.80 bits per heavy atom. The second-order valence-corrected chi connectivity index (χ2v) is 6.99.